The quantitative estimate of drug-likeness (QED) is 0.737. The number of nitrogens with zero attached hydrogens (tertiary/aromatic N) is 6. The molecule has 0 spiro atoms. The molecule has 0 bridgehead atoms. The number of benzene rings is 1. The maximum Gasteiger partial charge on any atom is 0.252 e. The van der Waals surface area contributed by atoms with Crippen molar-refractivity contribution in [1.29, 1.82) is 5.26 Å². The molecule has 0 radical (unpaired) electrons. The Morgan fingerprint density at radius 2 is 2.24 bits per heavy atom. The summed E-state index contributed by atoms with van der Waals surface area (Å²) in [6.07, 6.45) is 3.87. The van der Waals surface area contributed by atoms with Gasteiger partial charge in [-0.2, -0.15) is 15.3 Å². The van der Waals surface area contributed by atoms with Gasteiger partial charge in [-0.25, -0.2) is 9.50 Å². The molecule has 6 heteroatoms. The minimum atomic E-state index is 0.416. The summed E-state index contributed by atoms with van der Waals surface area (Å²) < 4.78 is 1.87. The molecule has 1 aromatic carbocycles. The molecule has 3 heterocycles. The fraction of sp³-hybridized carbons (Fsp3) is 0.368. The van der Waals surface area contributed by atoms with Crippen LogP contribution in [0.5, 0.6) is 0 Å². The van der Waals surface area contributed by atoms with Gasteiger partial charge in [-0.05, 0) is 50.1 Å². The first-order valence-electron chi connectivity index (χ1n) is 8.61. The zero-order valence-electron chi connectivity index (χ0n) is 14.3. The number of rotatable bonds is 3. The second-order valence-electron chi connectivity index (χ2n) is 6.68. The van der Waals surface area contributed by atoms with Gasteiger partial charge in [0.1, 0.15) is 6.33 Å². The highest BCUT2D eigenvalue weighted by Crippen LogP contribution is 2.28. The first-order valence-corrected chi connectivity index (χ1v) is 8.61. The van der Waals surface area contributed by atoms with Gasteiger partial charge in [0, 0.05) is 24.7 Å². The van der Waals surface area contributed by atoms with Crippen molar-refractivity contribution < 1.29 is 0 Å². The Kier molecular flexibility index (Phi) is 4.16. The zero-order chi connectivity index (χ0) is 17.2. The van der Waals surface area contributed by atoms with E-state index in [1.165, 1.54) is 11.3 Å². The van der Waals surface area contributed by atoms with Gasteiger partial charge in [-0.1, -0.05) is 12.1 Å². The molecule has 1 fully saturated rings. The van der Waals surface area contributed by atoms with E-state index in [2.05, 4.69) is 38.2 Å². The number of likely N-dealkylation sites (tertiary alicyclic amines) is 1. The number of aryl methyl sites for hydroxylation is 1. The number of piperidine rings is 1. The Labute approximate surface area is 146 Å². The first kappa shape index (κ1) is 15.7. The van der Waals surface area contributed by atoms with Crippen molar-refractivity contribution in [2.45, 2.75) is 32.2 Å². The highest BCUT2D eigenvalue weighted by Gasteiger charge is 2.24. The number of aromatic nitrogens is 4. The van der Waals surface area contributed by atoms with Crippen molar-refractivity contribution in [3.63, 3.8) is 0 Å². The molecule has 1 aliphatic heterocycles. The minimum absolute atomic E-state index is 0.416. The third kappa shape index (κ3) is 3.24. The average molecular weight is 332 g/mol. The molecule has 4 rings (SSSR count). The van der Waals surface area contributed by atoms with Gasteiger partial charge in [0.25, 0.3) is 5.78 Å². The van der Waals surface area contributed by atoms with Crippen LogP contribution < -0.4 is 0 Å². The van der Waals surface area contributed by atoms with Gasteiger partial charge in [0.05, 0.1) is 17.3 Å². The number of hydrogen-bond acceptors (Lipinski definition) is 5. The largest absolute Gasteiger partial charge is 0.298 e. The van der Waals surface area contributed by atoms with Crippen LogP contribution in [0.3, 0.4) is 0 Å². The summed E-state index contributed by atoms with van der Waals surface area (Å²) in [5.41, 5.74) is 4.08. The van der Waals surface area contributed by atoms with Crippen LogP contribution in [0.15, 0.2) is 36.7 Å². The lowest BCUT2D eigenvalue weighted by atomic mass is 9.93. The Morgan fingerprint density at radius 3 is 3.12 bits per heavy atom. The van der Waals surface area contributed by atoms with Gasteiger partial charge >= 0.3 is 0 Å². The lowest BCUT2D eigenvalue weighted by Crippen LogP contribution is -2.34. The van der Waals surface area contributed by atoms with Crippen molar-refractivity contribution in [1.82, 2.24) is 24.5 Å². The highest BCUT2D eigenvalue weighted by molar-refractivity contribution is 5.33. The van der Waals surface area contributed by atoms with E-state index in [0.717, 1.165) is 43.7 Å². The van der Waals surface area contributed by atoms with Crippen molar-refractivity contribution in [2.24, 2.45) is 0 Å². The number of nitriles is 1. The zero-order valence-corrected chi connectivity index (χ0v) is 14.3. The van der Waals surface area contributed by atoms with Crippen molar-refractivity contribution >= 4 is 5.78 Å². The molecule has 0 N–H and O–H groups in total. The molecule has 0 aliphatic carbocycles. The summed E-state index contributed by atoms with van der Waals surface area (Å²) in [4.78, 5) is 11.1. The monoisotopic (exact) mass is 332 g/mol. The summed E-state index contributed by atoms with van der Waals surface area (Å²) in [5.74, 6) is 1.09. The SMILES string of the molecule is Cc1cc(C2CCCN(Cc3cccc(C#N)c3)C2)n2ncnc2n1. The van der Waals surface area contributed by atoms with Gasteiger partial charge in [-0.3, -0.25) is 4.90 Å². The topological polar surface area (TPSA) is 70.1 Å². The summed E-state index contributed by atoms with van der Waals surface area (Å²) in [5, 5.41) is 13.4. The van der Waals surface area contributed by atoms with E-state index in [1.807, 2.05) is 29.6 Å². The Bertz CT molecular complexity index is 938. The molecule has 6 nitrogen and oxygen atoms in total. The molecule has 1 atom stereocenters. The predicted molar refractivity (Wildman–Crippen MR) is 93.9 cm³/mol. The summed E-state index contributed by atoms with van der Waals surface area (Å²) in [6, 6.07) is 12.2. The summed E-state index contributed by atoms with van der Waals surface area (Å²) >= 11 is 0. The first-order chi connectivity index (χ1) is 12.2. The van der Waals surface area contributed by atoms with E-state index in [4.69, 9.17) is 5.26 Å². The van der Waals surface area contributed by atoms with Gasteiger partial charge < -0.3 is 0 Å². The predicted octanol–water partition coefficient (Wildman–Crippen LogP) is 2.68. The molecule has 25 heavy (non-hydrogen) atoms. The number of fused-ring (bicyclic) bond motifs is 1. The standard InChI is InChI=1S/C19H20N6/c1-14-8-18(25-19(23-14)21-13-22-25)17-6-3-7-24(12-17)11-16-5-2-4-15(9-16)10-20/h2,4-5,8-9,13,17H,3,6-7,11-12H2,1H3. The second kappa shape index (κ2) is 6.61. The van der Waals surface area contributed by atoms with Crippen LogP contribution in [0.2, 0.25) is 0 Å². The van der Waals surface area contributed by atoms with Gasteiger partial charge in [-0.15, -0.1) is 0 Å². The fourth-order valence-corrected chi connectivity index (χ4v) is 3.69. The van der Waals surface area contributed by atoms with Crippen molar-refractivity contribution in [3.8, 4) is 6.07 Å². The third-order valence-electron chi connectivity index (χ3n) is 4.79. The Hall–Kier alpha value is -2.78. The van der Waals surface area contributed by atoms with Gasteiger partial charge in [0.15, 0.2) is 0 Å². The van der Waals surface area contributed by atoms with Crippen molar-refractivity contribution in [3.05, 3.63) is 59.2 Å². The molecule has 1 unspecified atom stereocenters. The lowest BCUT2D eigenvalue weighted by Gasteiger charge is -2.33. The average Bonchev–Trinajstić information content (AvgIpc) is 3.09. The van der Waals surface area contributed by atoms with Gasteiger partial charge in [0.2, 0.25) is 0 Å². The van der Waals surface area contributed by atoms with E-state index < -0.39 is 0 Å². The van der Waals surface area contributed by atoms with E-state index >= 15 is 0 Å². The molecule has 1 aliphatic rings. The third-order valence-corrected chi connectivity index (χ3v) is 4.79. The molecule has 3 aromatic rings. The molecule has 2 aromatic heterocycles. The normalized spacial score (nSPS) is 18.3. The van der Waals surface area contributed by atoms with Crippen LogP contribution in [0.1, 0.15) is 41.3 Å². The molecule has 126 valence electrons. The van der Waals surface area contributed by atoms with Crippen LogP contribution in [-0.4, -0.2) is 37.6 Å². The fourth-order valence-electron chi connectivity index (χ4n) is 3.69. The molecule has 0 saturated carbocycles. The minimum Gasteiger partial charge on any atom is -0.298 e. The Morgan fingerprint density at radius 1 is 1.32 bits per heavy atom. The maximum absolute atomic E-state index is 9.08. The summed E-state index contributed by atoms with van der Waals surface area (Å²) in [6.45, 7) is 4.94. The van der Waals surface area contributed by atoms with Crippen LogP contribution in [0, 0.1) is 18.3 Å². The van der Waals surface area contributed by atoms with Crippen LogP contribution in [0.25, 0.3) is 5.78 Å². The van der Waals surface area contributed by atoms with Crippen LogP contribution in [-0.2, 0) is 6.54 Å². The molecule has 0 amide bonds. The Balaban J connectivity index is 1.56. The van der Waals surface area contributed by atoms with E-state index in [-0.39, 0.29) is 0 Å². The van der Waals surface area contributed by atoms with E-state index in [0.29, 0.717) is 11.7 Å². The summed E-state index contributed by atoms with van der Waals surface area (Å²) in [7, 11) is 0. The van der Waals surface area contributed by atoms with Crippen LogP contribution >= 0.6 is 0 Å². The van der Waals surface area contributed by atoms with E-state index in [9.17, 15) is 0 Å². The number of hydrogen-bond donors (Lipinski definition) is 0. The highest BCUT2D eigenvalue weighted by atomic mass is 15.3. The molecular weight excluding hydrogens is 312 g/mol. The maximum atomic E-state index is 9.08. The van der Waals surface area contributed by atoms with E-state index in [1.54, 1.807) is 6.33 Å². The smallest absolute Gasteiger partial charge is 0.252 e. The second-order valence-corrected chi connectivity index (χ2v) is 6.68. The lowest BCUT2D eigenvalue weighted by molar-refractivity contribution is 0.197. The molecular formula is C19H20N6. The van der Waals surface area contributed by atoms with Crippen molar-refractivity contribution in [2.75, 3.05) is 13.1 Å². The van der Waals surface area contributed by atoms with Crippen LogP contribution in [0.4, 0.5) is 0 Å². The molecule has 1 saturated heterocycles.